The smallest absolute Gasteiger partial charge is 0.319 e. The van der Waals surface area contributed by atoms with E-state index in [-0.39, 0.29) is 17.8 Å². The Bertz CT molecular complexity index is 952. The van der Waals surface area contributed by atoms with Gasteiger partial charge in [-0.25, -0.2) is 13.2 Å². The third kappa shape index (κ3) is 4.36. The normalized spacial score (nSPS) is 21.1. The van der Waals surface area contributed by atoms with Gasteiger partial charge < -0.3 is 10.6 Å². The third-order valence-electron chi connectivity index (χ3n) is 5.33. The van der Waals surface area contributed by atoms with Crippen LogP contribution in [0.2, 0.25) is 0 Å². The van der Waals surface area contributed by atoms with Crippen LogP contribution in [0.1, 0.15) is 43.7 Å². The van der Waals surface area contributed by atoms with E-state index < -0.39 is 9.84 Å². The van der Waals surface area contributed by atoms with Crippen LogP contribution in [-0.2, 0) is 9.84 Å². The standard InChI is InChI=1S/C21H24N2O3S2/c24-21(22-15-9-11-17(12-10-15)27-16-5-1-2-6-16)23-19-13-14-28(25,26)20-8-4-3-7-18(19)20/h3-4,7-12,16,19H,1-2,5-6,13-14H2,(H2,22,23,24). The Labute approximate surface area is 170 Å². The van der Waals surface area contributed by atoms with Gasteiger partial charge in [0.1, 0.15) is 0 Å². The Hall–Kier alpha value is -1.99. The average Bonchev–Trinajstić information content (AvgIpc) is 3.19. The highest BCUT2D eigenvalue weighted by Crippen LogP contribution is 2.35. The molecule has 0 spiro atoms. The molecule has 2 aromatic rings. The number of benzene rings is 2. The summed E-state index contributed by atoms with van der Waals surface area (Å²) >= 11 is 1.91. The minimum absolute atomic E-state index is 0.0437. The van der Waals surface area contributed by atoms with Crippen molar-refractivity contribution < 1.29 is 13.2 Å². The second-order valence-corrected chi connectivity index (χ2v) is 10.8. The molecular formula is C21H24N2O3S2. The highest BCUT2D eigenvalue weighted by atomic mass is 32.2. The van der Waals surface area contributed by atoms with Gasteiger partial charge in [0.15, 0.2) is 9.84 Å². The first-order valence-corrected chi connectivity index (χ1v) is 12.2. The molecule has 1 aliphatic heterocycles. The van der Waals surface area contributed by atoms with Crippen LogP contribution in [0.15, 0.2) is 58.3 Å². The van der Waals surface area contributed by atoms with E-state index in [1.165, 1.54) is 30.6 Å². The van der Waals surface area contributed by atoms with Crippen LogP contribution < -0.4 is 10.6 Å². The molecule has 0 bridgehead atoms. The molecule has 5 nitrogen and oxygen atoms in total. The minimum atomic E-state index is -3.26. The fourth-order valence-electron chi connectivity index (χ4n) is 3.88. The summed E-state index contributed by atoms with van der Waals surface area (Å²) in [6.45, 7) is 0. The van der Waals surface area contributed by atoms with E-state index >= 15 is 0 Å². The first kappa shape index (κ1) is 19.3. The van der Waals surface area contributed by atoms with Gasteiger partial charge in [-0.05, 0) is 55.2 Å². The molecule has 2 N–H and O–H groups in total. The first-order chi connectivity index (χ1) is 13.5. The van der Waals surface area contributed by atoms with Gasteiger partial charge >= 0.3 is 6.03 Å². The van der Waals surface area contributed by atoms with Crippen LogP contribution >= 0.6 is 11.8 Å². The molecule has 1 heterocycles. The van der Waals surface area contributed by atoms with Gasteiger partial charge in [-0.2, -0.15) is 0 Å². The molecule has 1 saturated carbocycles. The van der Waals surface area contributed by atoms with Crippen LogP contribution in [-0.4, -0.2) is 25.5 Å². The first-order valence-electron chi connectivity index (χ1n) is 9.67. The molecular weight excluding hydrogens is 392 g/mol. The Balaban J connectivity index is 1.38. The van der Waals surface area contributed by atoms with Gasteiger partial charge in [0.2, 0.25) is 0 Å². The molecule has 7 heteroatoms. The maximum atomic E-state index is 12.4. The highest BCUT2D eigenvalue weighted by molar-refractivity contribution is 8.00. The Morgan fingerprint density at radius 1 is 0.964 bits per heavy atom. The molecule has 1 aliphatic carbocycles. The van der Waals surface area contributed by atoms with Crippen LogP contribution in [0.3, 0.4) is 0 Å². The number of carbonyl (C=O) groups excluding carboxylic acids is 1. The second kappa shape index (κ2) is 8.17. The summed E-state index contributed by atoms with van der Waals surface area (Å²) in [5.41, 5.74) is 1.39. The summed E-state index contributed by atoms with van der Waals surface area (Å²) in [4.78, 5) is 14.0. The number of fused-ring (bicyclic) bond motifs is 1. The van der Waals surface area contributed by atoms with Crippen molar-refractivity contribution in [3.05, 3.63) is 54.1 Å². The zero-order valence-electron chi connectivity index (χ0n) is 15.6. The van der Waals surface area contributed by atoms with Crippen molar-refractivity contribution in [2.45, 2.75) is 53.2 Å². The van der Waals surface area contributed by atoms with E-state index in [2.05, 4.69) is 10.6 Å². The largest absolute Gasteiger partial charge is 0.331 e. The molecule has 2 aromatic carbocycles. The zero-order chi connectivity index (χ0) is 19.6. The summed E-state index contributed by atoms with van der Waals surface area (Å²) in [5.74, 6) is 0.0437. The number of anilines is 1. The van der Waals surface area contributed by atoms with Crippen molar-refractivity contribution >= 4 is 33.3 Å². The molecule has 0 saturated heterocycles. The molecule has 4 rings (SSSR count). The van der Waals surface area contributed by atoms with Crippen molar-refractivity contribution in [1.29, 1.82) is 0 Å². The number of nitrogens with one attached hydrogen (secondary N) is 2. The SMILES string of the molecule is O=C(Nc1ccc(SC2CCCC2)cc1)NC1CCS(=O)(=O)c2ccccc21. The quantitative estimate of drug-likeness (QED) is 0.753. The summed E-state index contributed by atoms with van der Waals surface area (Å²) < 4.78 is 24.4. The molecule has 1 fully saturated rings. The fraction of sp³-hybridized carbons (Fsp3) is 0.381. The molecule has 1 atom stereocenters. The lowest BCUT2D eigenvalue weighted by Gasteiger charge is -2.26. The van der Waals surface area contributed by atoms with Gasteiger partial charge in [0, 0.05) is 15.8 Å². The lowest BCUT2D eigenvalue weighted by molar-refractivity contribution is 0.248. The van der Waals surface area contributed by atoms with Crippen molar-refractivity contribution in [2.75, 3.05) is 11.1 Å². The number of carbonyl (C=O) groups is 1. The van der Waals surface area contributed by atoms with Crippen molar-refractivity contribution in [3.63, 3.8) is 0 Å². The molecule has 1 unspecified atom stereocenters. The number of rotatable bonds is 4. The zero-order valence-corrected chi connectivity index (χ0v) is 17.2. The molecule has 28 heavy (non-hydrogen) atoms. The Morgan fingerprint density at radius 2 is 1.68 bits per heavy atom. The van der Waals surface area contributed by atoms with Gasteiger partial charge in [-0.3, -0.25) is 0 Å². The summed E-state index contributed by atoms with van der Waals surface area (Å²) in [5, 5.41) is 6.48. The summed E-state index contributed by atoms with van der Waals surface area (Å²) in [6, 6.07) is 14.2. The molecule has 2 aliphatic rings. The van der Waals surface area contributed by atoms with E-state index in [9.17, 15) is 13.2 Å². The number of hydrogen-bond acceptors (Lipinski definition) is 4. The van der Waals surface area contributed by atoms with Crippen molar-refractivity contribution in [1.82, 2.24) is 5.32 Å². The van der Waals surface area contributed by atoms with Crippen LogP contribution in [0, 0.1) is 0 Å². The molecule has 2 amide bonds. The van der Waals surface area contributed by atoms with E-state index in [0.29, 0.717) is 22.1 Å². The van der Waals surface area contributed by atoms with Gasteiger partial charge in [0.25, 0.3) is 0 Å². The number of sulfone groups is 1. The Kier molecular flexibility index (Phi) is 5.64. The van der Waals surface area contributed by atoms with Crippen LogP contribution in [0.4, 0.5) is 10.5 Å². The third-order valence-corrected chi connectivity index (χ3v) is 8.49. The fourth-order valence-corrected chi connectivity index (χ4v) is 6.75. The maximum Gasteiger partial charge on any atom is 0.319 e. The van der Waals surface area contributed by atoms with Gasteiger partial charge in [-0.15, -0.1) is 11.8 Å². The van der Waals surface area contributed by atoms with E-state index in [0.717, 1.165) is 5.69 Å². The van der Waals surface area contributed by atoms with Crippen LogP contribution in [0.25, 0.3) is 0 Å². The predicted molar refractivity (Wildman–Crippen MR) is 113 cm³/mol. The average molecular weight is 417 g/mol. The lowest BCUT2D eigenvalue weighted by atomic mass is 10.0. The van der Waals surface area contributed by atoms with Gasteiger partial charge in [-0.1, -0.05) is 31.0 Å². The highest BCUT2D eigenvalue weighted by Gasteiger charge is 2.30. The topological polar surface area (TPSA) is 75.3 Å². The second-order valence-electron chi connectivity index (χ2n) is 7.35. The lowest BCUT2D eigenvalue weighted by Crippen LogP contribution is -2.36. The van der Waals surface area contributed by atoms with E-state index in [1.807, 2.05) is 36.0 Å². The monoisotopic (exact) mass is 416 g/mol. The number of urea groups is 1. The van der Waals surface area contributed by atoms with Crippen LogP contribution in [0.5, 0.6) is 0 Å². The maximum absolute atomic E-state index is 12.4. The minimum Gasteiger partial charge on any atom is -0.331 e. The Morgan fingerprint density at radius 3 is 2.43 bits per heavy atom. The molecule has 0 radical (unpaired) electrons. The summed E-state index contributed by atoms with van der Waals surface area (Å²) in [7, 11) is -3.26. The molecule has 0 aromatic heterocycles. The number of thioether (sulfide) groups is 1. The molecule has 148 valence electrons. The summed E-state index contributed by atoms with van der Waals surface area (Å²) in [6.07, 6.45) is 5.59. The van der Waals surface area contributed by atoms with Crippen molar-refractivity contribution in [3.8, 4) is 0 Å². The number of amides is 2. The van der Waals surface area contributed by atoms with E-state index in [4.69, 9.17) is 0 Å². The van der Waals surface area contributed by atoms with E-state index in [1.54, 1.807) is 24.3 Å². The van der Waals surface area contributed by atoms with Crippen molar-refractivity contribution in [2.24, 2.45) is 0 Å². The number of hydrogen-bond donors (Lipinski definition) is 2. The predicted octanol–water partition coefficient (Wildman–Crippen LogP) is 4.76. The van der Waals surface area contributed by atoms with Gasteiger partial charge in [0.05, 0.1) is 16.7 Å².